The van der Waals surface area contributed by atoms with Crippen molar-refractivity contribution in [1.82, 2.24) is 0 Å². The molecule has 0 aromatic heterocycles. The van der Waals surface area contributed by atoms with Crippen LogP contribution in [-0.2, 0) is 28.6 Å². The maximum Gasteiger partial charge on any atom is 0.333 e. The number of carbonyl (C=O) groups excluding carboxylic acids is 3. The van der Waals surface area contributed by atoms with E-state index >= 15 is 0 Å². The molecule has 6 heteroatoms. The van der Waals surface area contributed by atoms with Crippen molar-refractivity contribution in [3.05, 3.63) is 36.5 Å². The number of rotatable bonds is 17. The fourth-order valence-corrected chi connectivity index (χ4v) is 2.57. The van der Waals surface area contributed by atoms with Gasteiger partial charge in [-0.3, -0.25) is 0 Å². The number of hydrogen-bond donors (Lipinski definition) is 0. The van der Waals surface area contributed by atoms with E-state index in [2.05, 4.69) is 19.7 Å². The molecule has 30 heavy (non-hydrogen) atoms. The Morgan fingerprint density at radius 3 is 1.43 bits per heavy atom. The normalized spacial score (nSPS) is 11.3. The first-order valence-corrected chi connectivity index (χ1v) is 10.7. The number of unbranched alkanes of at least 4 members (excludes halogenated alkanes) is 5. The smallest absolute Gasteiger partial charge is 0.333 e. The highest BCUT2D eigenvalue weighted by atomic mass is 16.5. The molecule has 170 valence electrons. The van der Waals surface area contributed by atoms with Crippen LogP contribution < -0.4 is 0 Å². The van der Waals surface area contributed by atoms with Crippen LogP contribution in [0.5, 0.6) is 0 Å². The van der Waals surface area contributed by atoms with Crippen LogP contribution in [-0.4, -0.2) is 37.2 Å². The van der Waals surface area contributed by atoms with Gasteiger partial charge in [-0.05, 0) is 59.3 Å². The quantitative estimate of drug-likeness (QED) is 0.138. The highest BCUT2D eigenvalue weighted by Gasteiger charge is 2.15. The van der Waals surface area contributed by atoms with Crippen LogP contribution >= 0.6 is 0 Å². The Morgan fingerprint density at radius 1 is 0.600 bits per heavy atom. The average molecular weight is 423 g/mol. The van der Waals surface area contributed by atoms with E-state index in [0.717, 1.165) is 51.4 Å². The van der Waals surface area contributed by atoms with Crippen LogP contribution in [0.25, 0.3) is 0 Å². The van der Waals surface area contributed by atoms with Crippen molar-refractivity contribution in [3.8, 4) is 0 Å². The third-order valence-electron chi connectivity index (χ3n) is 4.38. The summed E-state index contributed by atoms with van der Waals surface area (Å²) < 4.78 is 15.7. The average Bonchev–Trinajstić information content (AvgIpc) is 2.68. The van der Waals surface area contributed by atoms with Crippen molar-refractivity contribution in [3.63, 3.8) is 0 Å². The molecule has 1 unspecified atom stereocenters. The zero-order valence-electron chi connectivity index (χ0n) is 18.9. The molecule has 0 aliphatic carbocycles. The van der Waals surface area contributed by atoms with Gasteiger partial charge in [0.2, 0.25) is 0 Å². The molecular weight excluding hydrogens is 384 g/mol. The number of esters is 3. The SMILES string of the molecule is C=C(C)C(=O)OCCCCCCCC(CCCCOC(=O)C(=C)C)OC(=O)C(=C)C. The van der Waals surface area contributed by atoms with Gasteiger partial charge in [-0.2, -0.15) is 0 Å². The topological polar surface area (TPSA) is 78.9 Å². The summed E-state index contributed by atoms with van der Waals surface area (Å²) in [6.45, 7) is 16.4. The third kappa shape index (κ3) is 14.6. The molecular formula is C24H38O6. The summed E-state index contributed by atoms with van der Waals surface area (Å²) in [7, 11) is 0. The Labute approximate surface area is 181 Å². The zero-order valence-corrected chi connectivity index (χ0v) is 18.9. The van der Waals surface area contributed by atoms with Crippen molar-refractivity contribution >= 4 is 17.9 Å². The van der Waals surface area contributed by atoms with E-state index in [1.54, 1.807) is 20.8 Å². The maximum absolute atomic E-state index is 11.9. The van der Waals surface area contributed by atoms with Gasteiger partial charge in [0.05, 0.1) is 13.2 Å². The summed E-state index contributed by atoms with van der Waals surface area (Å²) in [5, 5.41) is 0. The first kappa shape index (κ1) is 27.6. The lowest BCUT2D eigenvalue weighted by molar-refractivity contribution is -0.145. The molecule has 0 aromatic rings. The van der Waals surface area contributed by atoms with E-state index in [1.165, 1.54) is 0 Å². The Morgan fingerprint density at radius 2 is 0.967 bits per heavy atom. The predicted molar refractivity (Wildman–Crippen MR) is 118 cm³/mol. The van der Waals surface area contributed by atoms with Crippen molar-refractivity contribution in [2.45, 2.75) is 84.7 Å². The maximum atomic E-state index is 11.9. The number of ether oxygens (including phenoxy) is 3. The van der Waals surface area contributed by atoms with Gasteiger partial charge in [0.1, 0.15) is 6.10 Å². The van der Waals surface area contributed by atoms with E-state index in [9.17, 15) is 14.4 Å². The molecule has 0 rings (SSSR count). The summed E-state index contributed by atoms with van der Waals surface area (Å²) in [5.74, 6) is -1.09. The number of carbonyl (C=O) groups is 3. The third-order valence-corrected chi connectivity index (χ3v) is 4.38. The standard InChI is InChI=1S/C24H38O6/c1-18(2)22(25)28-16-12-9-7-8-10-14-21(30-24(27)20(5)6)15-11-13-17-29-23(26)19(3)4/h21H,1,3,5,7-17H2,2,4,6H3. The molecule has 0 fully saturated rings. The molecule has 0 N–H and O–H groups in total. The summed E-state index contributed by atoms with van der Waals surface area (Å²) in [4.78, 5) is 34.5. The second-order valence-electron chi connectivity index (χ2n) is 7.69. The van der Waals surface area contributed by atoms with E-state index < -0.39 is 0 Å². The lowest BCUT2D eigenvalue weighted by Gasteiger charge is -2.18. The van der Waals surface area contributed by atoms with Gasteiger partial charge in [0.25, 0.3) is 0 Å². The van der Waals surface area contributed by atoms with Gasteiger partial charge in [-0.15, -0.1) is 0 Å². The monoisotopic (exact) mass is 422 g/mol. The molecule has 0 amide bonds. The van der Waals surface area contributed by atoms with Crippen molar-refractivity contribution in [2.75, 3.05) is 13.2 Å². The Hall–Kier alpha value is -2.37. The molecule has 0 aromatic carbocycles. The molecule has 1 atom stereocenters. The summed E-state index contributed by atoms with van der Waals surface area (Å²) in [5.41, 5.74) is 1.19. The van der Waals surface area contributed by atoms with E-state index in [1.807, 2.05) is 0 Å². The van der Waals surface area contributed by atoms with E-state index in [-0.39, 0.29) is 24.0 Å². The van der Waals surface area contributed by atoms with Crippen molar-refractivity contribution in [2.24, 2.45) is 0 Å². The Bertz CT molecular complexity index is 605. The van der Waals surface area contributed by atoms with Gasteiger partial charge in [-0.1, -0.05) is 39.0 Å². The van der Waals surface area contributed by atoms with Crippen molar-refractivity contribution in [1.29, 1.82) is 0 Å². The molecule has 6 nitrogen and oxygen atoms in total. The first-order valence-electron chi connectivity index (χ1n) is 10.7. The lowest BCUT2D eigenvalue weighted by Crippen LogP contribution is -2.19. The fourth-order valence-electron chi connectivity index (χ4n) is 2.57. The van der Waals surface area contributed by atoms with Crippen LogP contribution in [0.2, 0.25) is 0 Å². The molecule has 0 saturated carbocycles. The second kappa shape index (κ2) is 16.4. The first-order chi connectivity index (χ1) is 14.1. The van der Waals surface area contributed by atoms with Crippen LogP contribution in [0.1, 0.15) is 78.6 Å². The second-order valence-corrected chi connectivity index (χ2v) is 7.69. The highest BCUT2D eigenvalue weighted by molar-refractivity contribution is 5.87. The van der Waals surface area contributed by atoms with Gasteiger partial charge in [-0.25, -0.2) is 14.4 Å². The fraction of sp³-hybridized carbons (Fsp3) is 0.625. The molecule has 0 heterocycles. The van der Waals surface area contributed by atoms with Crippen molar-refractivity contribution < 1.29 is 28.6 Å². The lowest BCUT2D eigenvalue weighted by atomic mass is 10.0. The molecule has 0 bridgehead atoms. The molecule has 0 radical (unpaired) electrons. The largest absolute Gasteiger partial charge is 0.462 e. The molecule has 0 spiro atoms. The van der Waals surface area contributed by atoms with Gasteiger partial charge in [0.15, 0.2) is 0 Å². The molecule has 0 aliphatic rings. The highest BCUT2D eigenvalue weighted by Crippen LogP contribution is 2.16. The minimum absolute atomic E-state index is 0.164. The van der Waals surface area contributed by atoms with Crippen LogP contribution in [0, 0.1) is 0 Å². The predicted octanol–water partition coefficient (Wildman–Crippen LogP) is 5.22. The minimum Gasteiger partial charge on any atom is -0.462 e. The van der Waals surface area contributed by atoms with Crippen LogP contribution in [0.3, 0.4) is 0 Å². The Balaban J connectivity index is 4.06. The molecule has 0 aliphatic heterocycles. The molecule has 0 saturated heterocycles. The minimum atomic E-state index is -0.380. The zero-order chi connectivity index (χ0) is 22.9. The van der Waals surface area contributed by atoms with Crippen LogP contribution in [0.15, 0.2) is 36.5 Å². The van der Waals surface area contributed by atoms with Gasteiger partial charge < -0.3 is 14.2 Å². The van der Waals surface area contributed by atoms with Gasteiger partial charge >= 0.3 is 17.9 Å². The number of hydrogen-bond acceptors (Lipinski definition) is 6. The van der Waals surface area contributed by atoms with Crippen LogP contribution in [0.4, 0.5) is 0 Å². The van der Waals surface area contributed by atoms with Gasteiger partial charge in [0, 0.05) is 16.7 Å². The summed E-state index contributed by atoms with van der Waals surface area (Å²) >= 11 is 0. The summed E-state index contributed by atoms with van der Waals surface area (Å²) in [6, 6.07) is 0. The van der Waals surface area contributed by atoms with E-state index in [4.69, 9.17) is 14.2 Å². The summed E-state index contributed by atoms with van der Waals surface area (Å²) in [6.07, 6.45) is 7.66. The Kier molecular flexibility index (Phi) is 15.1. The van der Waals surface area contributed by atoms with E-state index in [0.29, 0.717) is 36.4 Å².